The Balaban J connectivity index is 2.23. The molecule has 0 atom stereocenters. The van der Waals surface area contributed by atoms with Crippen molar-refractivity contribution in [3.8, 4) is 0 Å². The molecule has 0 fully saturated rings. The highest BCUT2D eigenvalue weighted by atomic mass is 32.1. The highest BCUT2D eigenvalue weighted by Crippen LogP contribution is 2.27. The van der Waals surface area contributed by atoms with Gasteiger partial charge >= 0.3 is 5.97 Å². The van der Waals surface area contributed by atoms with Crippen LogP contribution in [0.2, 0.25) is 0 Å². The Morgan fingerprint density at radius 3 is 2.57 bits per heavy atom. The molecule has 0 unspecified atom stereocenters. The quantitative estimate of drug-likeness (QED) is 0.886. The molecule has 0 amide bonds. The van der Waals surface area contributed by atoms with Crippen molar-refractivity contribution in [1.82, 2.24) is 4.98 Å². The molecule has 2 aromatic rings. The first-order valence-corrected chi connectivity index (χ1v) is 7.74. The van der Waals surface area contributed by atoms with Crippen LogP contribution in [-0.4, -0.2) is 22.6 Å². The maximum absolute atomic E-state index is 10.9. The number of hydrogen-bond donors (Lipinski definition) is 1. The van der Waals surface area contributed by atoms with Gasteiger partial charge in [-0.05, 0) is 31.9 Å². The van der Waals surface area contributed by atoms with Gasteiger partial charge in [-0.25, -0.2) is 4.98 Å². The number of aryl methyl sites for hydroxylation is 3. The first-order chi connectivity index (χ1) is 9.97. The lowest BCUT2D eigenvalue weighted by molar-refractivity contribution is -0.136. The fourth-order valence-corrected chi connectivity index (χ4v) is 2.99. The van der Waals surface area contributed by atoms with Crippen molar-refractivity contribution in [2.24, 2.45) is 0 Å². The van der Waals surface area contributed by atoms with Gasteiger partial charge < -0.3 is 10.0 Å². The molecule has 0 radical (unpaired) electrons. The zero-order chi connectivity index (χ0) is 15.4. The summed E-state index contributed by atoms with van der Waals surface area (Å²) >= 11 is 1.62. The van der Waals surface area contributed by atoms with E-state index in [1.807, 2.05) is 26.0 Å². The molecule has 5 heteroatoms. The van der Waals surface area contributed by atoms with Crippen molar-refractivity contribution in [1.29, 1.82) is 0 Å². The van der Waals surface area contributed by atoms with Crippen molar-refractivity contribution in [3.05, 3.63) is 46.0 Å². The van der Waals surface area contributed by atoms with Crippen molar-refractivity contribution in [2.75, 3.05) is 11.4 Å². The minimum absolute atomic E-state index is 0.115. The topological polar surface area (TPSA) is 53.4 Å². The Morgan fingerprint density at radius 2 is 2.00 bits per heavy atom. The number of hydrogen-bond acceptors (Lipinski definition) is 4. The van der Waals surface area contributed by atoms with E-state index in [1.165, 1.54) is 16.0 Å². The number of benzene rings is 1. The van der Waals surface area contributed by atoms with Gasteiger partial charge in [-0.1, -0.05) is 24.3 Å². The SMILES string of the molecule is Cc1ccccc1CN(CCC(=O)O)c1nc(C)c(C)s1. The Kier molecular flexibility index (Phi) is 4.96. The zero-order valence-electron chi connectivity index (χ0n) is 12.6. The minimum atomic E-state index is -0.783. The van der Waals surface area contributed by atoms with Gasteiger partial charge in [0.25, 0.3) is 0 Å². The van der Waals surface area contributed by atoms with Crippen LogP contribution in [-0.2, 0) is 11.3 Å². The molecule has 1 N–H and O–H groups in total. The highest BCUT2D eigenvalue weighted by molar-refractivity contribution is 7.15. The maximum Gasteiger partial charge on any atom is 0.305 e. The zero-order valence-corrected chi connectivity index (χ0v) is 13.4. The summed E-state index contributed by atoms with van der Waals surface area (Å²) in [6.07, 6.45) is 0.115. The van der Waals surface area contributed by atoms with Crippen LogP contribution in [0.1, 0.15) is 28.1 Å². The lowest BCUT2D eigenvalue weighted by Crippen LogP contribution is -2.26. The van der Waals surface area contributed by atoms with Gasteiger partial charge in [-0.2, -0.15) is 0 Å². The van der Waals surface area contributed by atoms with Gasteiger partial charge in [0.15, 0.2) is 5.13 Å². The van der Waals surface area contributed by atoms with Crippen LogP contribution in [0.3, 0.4) is 0 Å². The molecular weight excluding hydrogens is 284 g/mol. The van der Waals surface area contributed by atoms with E-state index < -0.39 is 5.97 Å². The maximum atomic E-state index is 10.9. The molecule has 4 nitrogen and oxygen atoms in total. The molecule has 21 heavy (non-hydrogen) atoms. The standard InChI is InChI=1S/C16H20N2O2S/c1-11-6-4-5-7-14(11)10-18(9-8-15(19)20)16-17-12(2)13(3)21-16/h4-7H,8-10H2,1-3H3,(H,19,20). The van der Waals surface area contributed by atoms with Gasteiger partial charge in [0.05, 0.1) is 12.1 Å². The third-order valence-corrected chi connectivity index (χ3v) is 4.64. The van der Waals surface area contributed by atoms with Crippen LogP contribution in [0.15, 0.2) is 24.3 Å². The van der Waals surface area contributed by atoms with Crippen LogP contribution in [0, 0.1) is 20.8 Å². The van der Waals surface area contributed by atoms with Crippen LogP contribution in [0.4, 0.5) is 5.13 Å². The average molecular weight is 304 g/mol. The van der Waals surface area contributed by atoms with Gasteiger partial charge in [0.1, 0.15) is 0 Å². The molecule has 0 aliphatic heterocycles. The molecule has 1 aromatic carbocycles. The van der Waals surface area contributed by atoms with E-state index in [9.17, 15) is 4.79 Å². The van der Waals surface area contributed by atoms with Gasteiger partial charge in [-0.3, -0.25) is 4.79 Å². The van der Waals surface area contributed by atoms with Crippen LogP contribution in [0.25, 0.3) is 0 Å². The minimum Gasteiger partial charge on any atom is -0.481 e. The Labute approximate surface area is 129 Å². The molecule has 1 aromatic heterocycles. The lowest BCUT2D eigenvalue weighted by Gasteiger charge is -2.22. The van der Waals surface area contributed by atoms with E-state index in [-0.39, 0.29) is 6.42 Å². The largest absolute Gasteiger partial charge is 0.481 e. The van der Waals surface area contributed by atoms with E-state index in [4.69, 9.17) is 5.11 Å². The first-order valence-electron chi connectivity index (χ1n) is 6.92. The second-order valence-corrected chi connectivity index (χ2v) is 6.31. The van der Waals surface area contributed by atoms with Crippen LogP contribution < -0.4 is 4.90 Å². The fourth-order valence-electron chi connectivity index (χ4n) is 2.06. The average Bonchev–Trinajstić information content (AvgIpc) is 2.76. The van der Waals surface area contributed by atoms with Crippen molar-refractivity contribution in [2.45, 2.75) is 33.7 Å². The molecule has 0 saturated carbocycles. The van der Waals surface area contributed by atoms with Crippen molar-refractivity contribution < 1.29 is 9.90 Å². The molecule has 0 aliphatic carbocycles. The van der Waals surface area contributed by atoms with Crippen molar-refractivity contribution in [3.63, 3.8) is 0 Å². The van der Waals surface area contributed by atoms with E-state index in [2.05, 4.69) is 28.9 Å². The van der Waals surface area contributed by atoms with Crippen molar-refractivity contribution >= 4 is 22.4 Å². The number of carboxylic acids is 1. The van der Waals surface area contributed by atoms with Gasteiger partial charge in [-0.15, -0.1) is 11.3 Å². The van der Waals surface area contributed by atoms with E-state index in [0.29, 0.717) is 13.1 Å². The highest BCUT2D eigenvalue weighted by Gasteiger charge is 2.15. The summed E-state index contributed by atoms with van der Waals surface area (Å²) in [4.78, 5) is 18.7. The third kappa shape index (κ3) is 4.04. The Bertz CT molecular complexity index is 617. The number of nitrogens with zero attached hydrogens (tertiary/aromatic N) is 2. The van der Waals surface area contributed by atoms with E-state index in [0.717, 1.165) is 10.8 Å². The van der Waals surface area contributed by atoms with E-state index >= 15 is 0 Å². The molecule has 112 valence electrons. The second-order valence-electron chi connectivity index (χ2n) is 5.13. The molecule has 0 aliphatic rings. The molecular formula is C16H20N2O2S. The summed E-state index contributed by atoms with van der Waals surface area (Å²) < 4.78 is 0. The number of thiazole rings is 1. The number of aliphatic carboxylic acids is 1. The summed E-state index contributed by atoms with van der Waals surface area (Å²) in [5.74, 6) is -0.783. The summed E-state index contributed by atoms with van der Waals surface area (Å²) in [7, 11) is 0. The Hall–Kier alpha value is -1.88. The number of carboxylic acid groups (broad SMARTS) is 1. The summed E-state index contributed by atoms with van der Waals surface area (Å²) in [5, 5.41) is 9.84. The number of aromatic nitrogens is 1. The molecule has 1 heterocycles. The first kappa shape index (κ1) is 15.5. The number of rotatable bonds is 6. The lowest BCUT2D eigenvalue weighted by atomic mass is 10.1. The second kappa shape index (κ2) is 6.72. The summed E-state index contributed by atoms with van der Waals surface area (Å²) in [6.45, 7) is 7.25. The normalized spacial score (nSPS) is 10.6. The summed E-state index contributed by atoms with van der Waals surface area (Å²) in [6, 6.07) is 8.17. The molecule has 0 saturated heterocycles. The molecule has 2 rings (SSSR count). The van der Waals surface area contributed by atoms with Gasteiger partial charge in [0, 0.05) is 18.0 Å². The number of carbonyl (C=O) groups is 1. The molecule has 0 spiro atoms. The van der Waals surface area contributed by atoms with Crippen LogP contribution >= 0.6 is 11.3 Å². The number of anilines is 1. The predicted octanol–water partition coefficient (Wildman–Crippen LogP) is 3.55. The fraction of sp³-hybridized carbons (Fsp3) is 0.375. The summed E-state index contributed by atoms with van der Waals surface area (Å²) in [5.41, 5.74) is 3.43. The monoisotopic (exact) mass is 304 g/mol. The van der Waals surface area contributed by atoms with Crippen LogP contribution in [0.5, 0.6) is 0 Å². The molecule has 0 bridgehead atoms. The smallest absolute Gasteiger partial charge is 0.305 e. The van der Waals surface area contributed by atoms with Gasteiger partial charge in [0.2, 0.25) is 0 Å². The predicted molar refractivity (Wildman–Crippen MR) is 86.1 cm³/mol. The third-order valence-electron chi connectivity index (χ3n) is 3.51. The Morgan fingerprint density at radius 1 is 1.29 bits per heavy atom. The van der Waals surface area contributed by atoms with E-state index in [1.54, 1.807) is 11.3 Å².